The summed E-state index contributed by atoms with van der Waals surface area (Å²) in [5, 5.41) is 16.4. The average molecular weight is 329 g/mol. The summed E-state index contributed by atoms with van der Waals surface area (Å²) in [5.74, 6) is 0.403. The molecule has 2 aromatic rings. The second-order valence-corrected chi connectivity index (χ2v) is 6.78. The first kappa shape index (κ1) is 16.8. The molecule has 0 saturated heterocycles. The van der Waals surface area contributed by atoms with Crippen LogP contribution >= 0.6 is 0 Å². The number of hydrogen-bond donors (Lipinski definition) is 3. The lowest BCUT2D eigenvalue weighted by Crippen LogP contribution is -2.40. The fourth-order valence-corrected chi connectivity index (χ4v) is 3.54. The van der Waals surface area contributed by atoms with Crippen LogP contribution in [0.4, 0.5) is 10.5 Å². The number of fused-ring (bicyclic) bond motifs is 1. The third-order valence-electron chi connectivity index (χ3n) is 4.94. The molecule has 1 aromatic carbocycles. The van der Waals surface area contributed by atoms with Crippen molar-refractivity contribution in [3.05, 3.63) is 30.5 Å². The van der Waals surface area contributed by atoms with Crippen LogP contribution in [0.3, 0.4) is 0 Å². The second-order valence-electron chi connectivity index (χ2n) is 6.78. The van der Waals surface area contributed by atoms with E-state index in [9.17, 15) is 9.90 Å². The van der Waals surface area contributed by atoms with E-state index in [2.05, 4.69) is 34.4 Å². The van der Waals surface area contributed by atoms with Gasteiger partial charge in [0.25, 0.3) is 0 Å². The van der Waals surface area contributed by atoms with Crippen LogP contribution in [0.2, 0.25) is 0 Å². The third-order valence-corrected chi connectivity index (χ3v) is 4.94. The fraction of sp³-hybridized carbons (Fsp3) is 0.526. The van der Waals surface area contributed by atoms with Crippen molar-refractivity contribution < 1.29 is 9.90 Å². The molecular formula is C19H27N3O2. The Kier molecular flexibility index (Phi) is 5.41. The van der Waals surface area contributed by atoms with Crippen LogP contribution in [0.5, 0.6) is 0 Å². The molecule has 2 amide bonds. The van der Waals surface area contributed by atoms with Crippen LogP contribution in [0.25, 0.3) is 10.9 Å². The Bertz CT molecular complexity index is 687. The summed E-state index contributed by atoms with van der Waals surface area (Å²) in [4.78, 5) is 12.2. The number of carbonyl (C=O) groups is 1. The van der Waals surface area contributed by atoms with Gasteiger partial charge < -0.3 is 20.3 Å². The predicted molar refractivity (Wildman–Crippen MR) is 97.2 cm³/mol. The number of urea groups is 1. The molecule has 1 aliphatic rings. The van der Waals surface area contributed by atoms with Crippen molar-refractivity contribution >= 4 is 22.6 Å². The minimum atomic E-state index is -0.143. The summed E-state index contributed by atoms with van der Waals surface area (Å²) < 4.78 is 2.22. The van der Waals surface area contributed by atoms with E-state index in [1.807, 2.05) is 18.2 Å². The highest BCUT2D eigenvalue weighted by Gasteiger charge is 2.21. The smallest absolute Gasteiger partial charge is 0.319 e. The molecule has 5 heteroatoms. The van der Waals surface area contributed by atoms with Gasteiger partial charge in [-0.05, 0) is 61.6 Å². The van der Waals surface area contributed by atoms with Gasteiger partial charge in [0.15, 0.2) is 0 Å². The van der Waals surface area contributed by atoms with Crippen molar-refractivity contribution in [2.45, 2.75) is 51.6 Å². The van der Waals surface area contributed by atoms with E-state index in [0.717, 1.165) is 49.9 Å². The van der Waals surface area contributed by atoms with Gasteiger partial charge in [-0.1, -0.05) is 13.0 Å². The van der Waals surface area contributed by atoms with E-state index in [0.29, 0.717) is 5.92 Å². The van der Waals surface area contributed by atoms with E-state index in [1.165, 1.54) is 5.39 Å². The molecule has 0 radical (unpaired) electrons. The van der Waals surface area contributed by atoms with Gasteiger partial charge in [0.05, 0.1) is 5.52 Å². The zero-order valence-electron chi connectivity index (χ0n) is 14.3. The SMILES string of the molecule is CCCn1ccc2ccc(NC(=O)NC3CCC(CO)CC3)cc21. The van der Waals surface area contributed by atoms with Crippen molar-refractivity contribution in [2.24, 2.45) is 5.92 Å². The molecule has 130 valence electrons. The number of benzene rings is 1. The quantitative estimate of drug-likeness (QED) is 0.782. The molecule has 0 bridgehead atoms. The normalized spacial score (nSPS) is 20.9. The van der Waals surface area contributed by atoms with E-state index in [4.69, 9.17) is 0 Å². The maximum Gasteiger partial charge on any atom is 0.319 e. The number of aryl methyl sites for hydroxylation is 1. The second kappa shape index (κ2) is 7.71. The highest BCUT2D eigenvalue weighted by Crippen LogP contribution is 2.24. The highest BCUT2D eigenvalue weighted by molar-refractivity contribution is 5.93. The summed E-state index contributed by atoms with van der Waals surface area (Å²) in [6.07, 6.45) is 7.03. The van der Waals surface area contributed by atoms with Gasteiger partial charge in [-0.3, -0.25) is 0 Å². The largest absolute Gasteiger partial charge is 0.396 e. The van der Waals surface area contributed by atoms with Crippen LogP contribution in [-0.4, -0.2) is 28.4 Å². The molecule has 24 heavy (non-hydrogen) atoms. The van der Waals surface area contributed by atoms with Crippen LogP contribution in [0.15, 0.2) is 30.5 Å². The molecule has 1 saturated carbocycles. The number of amides is 2. The maximum absolute atomic E-state index is 12.2. The molecule has 0 spiro atoms. The van der Waals surface area contributed by atoms with Gasteiger partial charge in [-0.25, -0.2) is 4.79 Å². The van der Waals surface area contributed by atoms with Crippen molar-refractivity contribution in [3.63, 3.8) is 0 Å². The zero-order valence-corrected chi connectivity index (χ0v) is 14.3. The average Bonchev–Trinajstić information content (AvgIpc) is 2.98. The van der Waals surface area contributed by atoms with E-state index in [1.54, 1.807) is 0 Å². The molecule has 1 aliphatic carbocycles. The molecule has 3 N–H and O–H groups in total. The number of aliphatic hydroxyl groups is 1. The minimum Gasteiger partial charge on any atom is -0.396 e. The summed E-state index contributed by atoms with van der Waals surface area (Å²) in [6, 6.07) is 8.20. The zero-order chi connectivity index (χ0) is 16.9. The van der Waals surface area contributed by atoms with Gasteiger partial charge in [0.1, 0.15) is 0 Å². The molecule has 3 rings (SSSR count). The maximum atomic E-state index is 12.2. The standard InChI is InChI=1S/C19H27N3O2/c1-2-10-22-11-9-15-5-8-17(12-18(15)22)21-19(24)20-16-6-3-14(13-23)4-7-16/h5,8-9,11-12,14,16,23H,2-4,6-7,10,13H2,1H3,(H2,20,21,24). The number of nitrogens with one attached hydrogen (secondary N) is 2. The molecule has 0 unspecified atom stereocenters. The van der Waals surface area contributed by atoms with Crippen molar-refractivity contribution in [1.82, 2.24) is 9.88 Å². The van der Waals surface area contributed by atoms with Crippen LogP contribution in [-0.2, 0) is 6.54 Å². The lowest BCUT2D eigenvalue weighted by molar-refractivity contribution is 0.176. The predicted octanol–water partition coefficient (Wildman–Crippen LogP) is 3.72. The number of nitrogens with zero attached hydrogens (tertiary/aromatic N) is 1. The van der Waals surface area contributed by atoms with Crippen molar-refractivity contribution in [1.29, 1.82) is 0 Å². The molecular weight excluding hydrogens is 302 g/mol. The first-order chi connectivity index (χ1) is 11.7. The van der Waals surface area contributed by atoms with Gasteiger partial charge in [0, 0.05) is 31.1 Å². The molecule has 1 aromatic heterocycles. The number of hydrogen-bond acceptors (Lipinski definition) is 2. The molecule has 5 nitrogen and oxygen atoms in total. The first-order valence-electron chi connectivity index (χ1n) is 8.97. The monoisotopic (exact) mass is 329 g/mol. The Morgan fingerprint density at radius 1 is 1.25 bits per heavy atom. The number of carbonyl (C=O) groups excluding carboxylic acids is 1. The molecule has 0 aliphatic heterocycles. The van der Waals surface area contributed by atoms with Gasteiger partial charge in [-0.2, -0.15) is 0 Å². The first-order valence-corrected chi connectivity index (χ1v) is 8.97. The Labute approximate surface area is 143 Å². The minimum absolute atomic E-state index is 0.143. The van der Waals surface area contributed by atoms with Crippen LogP contribution in [0, 0.1) is 5.92 Å². The Hall–Kier alpha value is -2.01. The van der Waals surface area contributed by atoms with E-state index >= 15 is 0 Å². The van der Waals surface area contributed by atoms with Gasteiger partial charge in [-0.15, -0.1) is 0 Å². The topological polar surface area (TPSA) is 66.3 Å². The number of rotatable bonds is 5. The summed E-state index contributed by atoms with van der Waals surface area (Å²) in [7, 11) is 0. The van der Waals surface area contributed by atoms with Crippen LogP contribution < -0.4 is 10.6 Å². The Morgan fingerprint density at radius 2 is 2.04 bits per heavy atom. The Balaban J connectivity index is 1.60. The number of aromatic nitrogens is 1. The van der Waals surface area contributed by atoms with Crippen molar-refractivity contribution in [3.8, 4) is 0 Å². The van der Waals surface area contributed by atoms with E-state index < -0.39 is 0 Å². The number of aliphatic hydroxyl groups excluding tert-OH is 1. The Morgan fingerprint density at radius 3 is 2.75 bits per heavy atom. The third kappa shape index (κ3) is 3.90. The van der Waals surface area contributed by atoms with Gasteiger partial charge >= 0.3 is 6.03 Å². The molecule has 1 fully saturated rings. The van der Waals surface area contributed by atoms with Gasteiger partial charge in [0.2, 0.25) is 0 Å². The summed E-state index contributed by atoms with van der Waals surface area (Å²) in [5.41, 5.74) is 1.97. The fourth-order valence-electron chi connectivity index (χ4n) is 3.54. The van der Waals surface area contributed by atoms with Crippen molar-refractivity contribution in [2.75, 3.05) is 11.9 Å². The highest BCUT2D eigenvalue weighted by atomic mass is 16.3. The summed E-state index contributed by atoms with van der Waals surface area (Å²) >= 11 is 0. The lowest BCUT2D eigenvalue weighted by atomic mass is 9.87. The summed E-state index contributed by atoms with van der Waals surface area (Å²) in [6.45, 7) is 3.40. The van der Waals surface area contributed by atoms with E-state index in [-0.39, 0.29) is 18.7 Å². The molecule has 1 heterocycles. The lowest BCUT2D eigenvalue weighted by Gasteiger charge is -2.27. The van der Waals surface area contributed by atoms with Crippen LogP contribution in [0.1, 0.15) is 39.0 Å². The number of anilines is 1. The molecule has 0 atom stereocenters.